The fourth-order valence-corrected chi connectivity index (χ4v) is 5.85. The maximum Gasteiger partial charge on any atom is 0.503 e. The van der Waals surface area contributed by atoms with Crippen LogP contribution in [0.2, 0.25) is 5.02 Å². The molecule has 1 aliphatic carbocycles. The van der Waals surface area contributed by atoms with Crippen LogP contribution in [0.5, 0.6) is 0 Å². The molecule has 0 radical (unpaired) electrons. The van der Waals surface area contributed by atoms with Crippen LogP contribution in [-0.2, 0) is 16.6 Å². The molecule has 0 aliphatic heterocycles. The van der Waals surface area contributed by atoms with Crippen LogP contribution in [0, 0.1) is 0 Å². The fraction of sp³-hybridized carbons (Fsp3) is 0.190. The minimum Gasteiger partial charge on any atom is -0.450 e. The fourth-order valence-electron chi connectivity index (χ4n) is 3.11. The molecule has 1 aliphatic rings. The monoisotopic (exact) mass is 481 g/mol. The van der Waals surface area contributed by atoms with E-state index in [1.165, 1.54) is 11.3 Å². The van der Waals surface area contributed by atoms with E-state index in [2.05, 4.69) is 4.72 Å². The number of nitrogens with one attached hydrogen (secondary N) is 1. The van der Waals surface area contributed by atoms with Crippen LogP contribution >= 0.6 is 22.9 Å². The summed E-state index contributed by atoms with van der Waals surface area (Å²) in [4.78, 5) is 9.44. The van der Waals surface area contributed by atoms with Gasteiger partial charge in [-0.25, -0.2) is 17.9 Å². The summed E-state index contributed by atoms with van der Waals surface area (Å²) in [6.07, 6.45) is -1.07. The molecule has 0 saturated heterocycles. The number of rotatable bonds is 6. The van der Waals surface area contributed by atoms with Crippen molar-refractivity contribution >= 4 is 39.1 Å². The second-order valence-electron chi connectivity index (χ2n) is 6.88. The summed E-state index contributed by atoms with van der Waals surface area (Å²) in [5.41, 5.74) is 2.84. The number of hydrogen-bond acceptors (Lipinski definition) is 5. The van der Waals surface area contributed by atoms with Crippen molar-refractivity contribution in [1.29, 1.82) is 0 Å². The minimum absolute atomic E-state index is 0.0143. The van der Waals surface area contributed by atoms with Crippen LogP contribution in [0.3, 0.4) is 0 Å². The summed E-state index contributed by atoms with van der Waals surface area (Å²) in [6, 6.07) is 18.3. The van der Waals surface area contributed by atoms with Crippen molar-refractivity contribution in [2.24, 2.45) is 0 Å². The van der Waals surface area contributed by atoms with Gasteiger partial charge in [0.05, 0.1) is 6.61 Å². The number of benzene rings is 2. The summed E-state index contributed by atoms with van der Waals surface area (Å²) >= 11 is 7.15. The van der Waals surface area contributed by atoms with Gasteiger partial charge in [-0.3, -0.25) is 0 Å². The molecule has 2 aromatic carbocycles. The van der Waals surface area contributed by atoms with Crippen molar-refractivity contribution in [3.8, 4) is 10.4 Å². The molecule has 1 fully saturated rings. The number of hydrogen-bond donors (Lipinski definition) is 4. The molecule has 1 heterocycles. The van der Waals surface area contributed by atoms with E-state index in [-0.39, 0.29) is 18.6 Å². The van der Waals surface area contributed by atoms with Crippen LogP contribution in [0.25, 0.3) is 10.4 Å². The van der Waals surface area contributed by atoms with E-state index in [4.69, 9.17) is 26.6 Å². The zero-order chi connectivity index (χ0) is 22.6. The highest BCUT2D eigenvalue weighted by Crippen LogP contribution is 2.42. The van der Waals surface area contributed by atoms with Gasteiger partial charge in [-0.05, 0) is 47.4 Å². The molecule has 1 saturated carbocycles. The third-order valence-electron chi connectivity index (χ3n) is 4.63. The molecule has 0 spiro atoms. The van der Waals surface area contributed by atoms with E-state index in [1.54, 1.807) is 18.2 Å². The van der Waals surface area contributed by atoms with Gasteiger partial charge in [-0.2, -0.15) is 0 Å². The Morgan fingerprint density at radius 1 is 1.10 bits per heavy atom. The molecule has 31 heavy (non-hydrogen) atoms. The third kappa shape index (κ3) is 6.28. The van der Waals surface area contributed by atoms with E-state index in [0.29, 0.717) is 9.23 Å². The Balaban J connectivity index is 0.000000628. The van der Waals surface area contributed by atoms with Gasteiger partial charge >= 0.3 is 6.16 Å². The van der Waals surface area contributed by atoms with Gasteiger partial charge in [0.2, 0.25) is 10.0 Å². The highest BCUT2D eigenvalue weighted by atomic mass is 35.5. The lowest BCUT2D eigenvalue weighted by atomic mass is 10.1. The molecule has 4 N–H and O–H groups in total. The summed E-state index contributed by atoms with van der Waals surface area (Å²) < 4.78 is 28.6. The molecular formula is C21H20ClNO6S2. The number of halogens is 1. The Bertz CT molecular complexity index is 1160. The van der Waals surface area contributed by atoms with Crippen molar-refractivity contribution < 1.29 is 28.5 Å². The molecule has 1 aromatic heterocycles. The molecule has 0 amide bonds. The smallest absolute Gasteiger partial charge is 0.450 e. The first-order valence-corrected chi connectivity index (χ1v) is 11.9. The Labute approximate surface area is 188 Å². The first-order valence-electron chi connectivity index (χ1n) is 9.19. The first-order chi connectivity index (χ1) is 14.7. The van der Waals surface area contributed by atoms with Crippen molar-refractivity contribution in [2.45, 2.75) is 29.2 Å². The Hall–Kier alpha value is -2.43. The molecule has 0 bridgehead atoms. The molecule has 4 rings (SSSR count). The summed E-state index contributed by atoms with van der Waals surface area (Å²) in [6.45, 7) is -0.0143. The van der Waals surface area contributed by atoms with Crippen molar-refractivity contribution in [2.75, 3.05) is 0 Å². The molecule has 10 heteroatoms. The quantitative estimate of drug-likeness (QED) is 0.407. The normalized spacial score (nSPS) is 17.5. The van der Waals surface area contributed by atoms with Crippen LogP contribution in [0.4, 0.5) is 4.79 Å². The SMILES string of the molecule is O=C(O)O.O=S(=O)(N[C@H]1C[C@@H]1c1cccc(CO)c1)c1ccc(-c2ccc(Cl)cc2)s1. The third-order valence-corrected chi connectivity index (χ3v) is 8.00. The van der Waals surface area contributed by atoms with E-state index in [9.17, 15) is 13.5 Å². The molecule has 164 valence electrons. The van der Waals surface area contributed by atoms with Crippen LogP contribution < -0.4 is 4.72 Å². The minimum atomic E-state index is -3.56. The number of thiophene rings is 1. The zero-order valence-corrected chi connectivity index (χ0v) is 18.5. The second-order valence-corrected chi connectivity index (χ2v) is 10.3. The highest BCUT2D eigenvalue weighted by molar-refractivity contribution is 7.91. The molecule has 3 aromatic rings. The predicted octanol–water partition coefficient (Wildman–Crippen LogP) is 4.62. The van der Waals surface area contributed by atoms with Gasteiger partial charge in [0.1, 0.15) is 4.21 Å². The highest BCUT2D eigenvalue weighted by Gasteiger charge is 2.41. The van der Waals surface area contributed by atoms with Crippen molar-refractivity contribution in [1.82, 2.24) is 4.72 Å². The summed E-state index contributed by atoms with van der Waals surface area (Å²) in [7, 11) is -3.56. The van der Waals surface area contributed by atoms with E-state index in [0.717, 1.165) is 28.0 Å². The zero-order valence-electron chi connectivity index (χ0n) is 16.1. The summed E-state index contributed by atoms with van der Waals surface area (Å²) in [5, 5.41) is 23.9. The van der Waals surface area contributed by atoms with Gasteiger partial charge < -0.3 is 15.3 Å². The average Bonchev–Trinajstić information content (AvgIpc) is 3.28. The Morgan fingerprint density at radius 2 is 1.77 bits per heavy atom. The maximum absolute atomic E-state index is 12.7. The topological polar surface area (TPSA) is 124 Å². The number of sulfonamides is 1. The Kier molecular flexibility index (Phi) is 7.34. The van der Waals surface area contributed by atoms with Gasteiger partial charge in [-0.15, -0.1) is 11.3 Å². The lowest BCUT2D eigenvalue weighted by molar-refractivity contribution is 0.137. The largest absolute Gasteiger partial charge is 0.503 e. The number of carbonyl (C=O) groups is 1. The lowest BCUT2D eigenvalue weighted by Gasteiger charge is -2.05. The van der Waals surface area contributed by atoms with E-state index in [1.807, 2.05) is 42.5 Å². The average molecular weight is 482 g/mol. The van der Waals surface area contributed by atoms with Crippen LogP contribution in [-0.4, -0.2) is 35.9 Å². The predicted molar refractivity (Wildman–Crippen MR) is 119 cm³/mol. The molecule has 7 nitrogen and oxygen atoms in total. The van der Waals surface area contributed by atoms with Gasteiger partial charge in [0.25, 0.3) is 0 Å². The number of aliphatic hydroxyl groups excluding tert-OH is 1. The summed E-state index contributed by atoms with van der Waals surface area (Å²) in [5.74, 6) is 0.155. The van der Waals surface area contributed by atoms with Crippen molar-refractivity contribution in [3.05, 3.63) is 76.8 Å². The molecule has 0 unspecified atom stereocenters. The van der Waals surface area contributed by atoms with Gasteiger partial charge in [0.15, 0.2) is 0 Å². The number of carboxylic acid groups (broad SMARTS) is 2. The van der Waals surface area contributed by atoms with E-state index >= 15 is 0 Å². The second kappa shape index (κ2) is 9.80. The number of aliphatic hydroxyl groups is 1. The maximum atomic E-state index is 12.7. The molecular weight excluding hydrogens is 462 g/mol. The Morgan fingerprint density at radius 3 is 2.42 bits per heavy atom. The van der Waals surface area contributed by atoms with Gasteiger partial charge in [-0.1, -0.05) is 48.0 Å². The van der Waals surface area contributed by atoms with Gasteiger partial charge in [0, 0.05) is 21.9 Å². The van der Waals surface area contributed by atoms with Crippen LogP contribution in [0.15, 0.2) is 64.9 Å². The van der Waals surface area contributed by atoms with E-state index < -0.39 is 16.2 Å². The lowest BCUT2D eigenvalue weighted by Crippen LogP contribution is -2.26. The standard InChI is InChI=1S/C20H18ClNO3S2.CH2O3/c21-16-6-4-14(5-7-16)19-8-9-20(26-19)27(24,25)22-18-11-17(18)15-3-1-2-13(10-15)12-23;2-1(3)4/h1-10,17-18,22-23H,11-12H2;(H2,2,3,4)/t17-,18+;/m1./s1. The van der Waals surface area contributed by atoms with Crippen molar-refractivity contribution in [3.63, 3.8) is 0 Å². The first kappa shape index (κ1) is 23.2. The van der Waals surface area contributed by atoms with Crippen LogP contribution in [0.1, 0.15) is 23.5 Å². The molecule has 2 atom stereocenters.